The van der Waals surface area contributed by atoms with E-state index in [0.29, 0.717) is 6.54 Å². The molecule has 0 aliphatic carbocycles. The van der Waals surface area contributed by atoms with Crippen molar-refractivity contribution in [2.45, 2.75) is 31.8 Å². The number of halogens is 1. The van der Waals surface area contributed by atoms with E-state index < -0.39 is 0 Å². The van der Waals surface area contributed by atoms with Gasteiger partial charge in [0.15, 0.2) is 5.96 Å². The molecule has 2 rings (SSSR count). The number of aromatic nitrogens is 1. The van der Waals surface area contributed by atoms with E-state index in [1.165, 1.54) is 15.3 Å². The summed E-state index contributed by atoms with van der Waals surface area (Å²) in [6, 6.07) is 8.69. The van der Waals surface area contributed by atoms with Crippen LogP contribution in [-0.2, 0) is 13.1 Å². The maximum Gasteiger partial charge on any atom is 0.194 e. The van der Waals surface area contributed by atoms with Gasteiger partial charge in [-0.25, -0.2) is 9.98 Å². The first-order valence-electron chi connectivity index (χ1n) is 7.66. The van der Waals surface area contributed by atoms with Gasteiger partial charge in [0.05, 0.1) is 11.6 Å². The minimum atomic E-state index is 0. The number of aliphatic imine (C=N–C) groups is 1. The second-order valence-corrected chi connectivity index (χ2v) is 7.42. The smallest absolute Gasteiger partial charge is 0.194 e. The fraction of sp³-hybridized carbons (Fsp3) is 0.412. The largest absolute Gasteiger partial charge is 0.357 e. The van der Waals surface area contributed by atoms with Gasteiger partial charge in [-0.2, -0.15) is 0 Å². The Kier molecular flexibility index (Phi) is 9.68. The van der Waals surface area contributed by atoms with Crippen LogP contribution >= 0.6 is 47.1 Å². The zero-order valence-electron chi connectivity index (χ0n) is 14.6. The molecule has 0 atom stereocenters. The zero-order chi connectivity index (χ0) is 16.7. The topological polar surface area (TPSA) is 40.5 Å². The molecule has 0 radical (unpaired) electrons. The molecule has 24 heavy (non-hydrogen) atoms. The van der Waals surface area contributed by atoms with Crippen molar-refractivity contribution in [3.63, 3.8) is 0 Å². The molecule has 1 aromatic heterocycles. The van der Waals surface area contributed by atoms with E-state index >= 15 is 0 Å². The average Bonchev–Trinajstić information content (AvgIpc) is 2.97. The summed E-state index contributed by atoms with van der Waals surface area (Å²) in [7, 11) is 2.07. The van der Waals surface area contributed by atoms with Gasteiger partial charge in [-0.1, -0.05) is 12.1 Å². The van der Waals surface area contributed by atoms with Crippen molar-refractivity contribution < 1.29 is 0 Å². The highest BCUT2D eigenvalue weighted by atomic mass is 127. The Morgan fingerprint density at radius 2 is 2.04 bits per heavy atom. The van der Waals surface area contributed by atoms with Gasteiger partial charge in [0.1, 0.15) is 0 Å². The number of benzene rings is 1. The minimum absolute atomic E-state index is 0. The van der Waals surface area contributed by atoms with Crippen LogP contribution in [0.2, 0.25) is 0 Å². The highest BCUT2D eigenvalue weighted by Crippen LogP contribution is 2.16. The molecule has 132 valence electrons. The van der Waals surface area contributed by atoms with Crippen molar-refractivity contribution in [2.75, 3.05) is 19.8 Å². The fourth-order valence-electron chi connectivity index (χ4n) is 2.18. The third kappa shape index (κ3) is 6.60. The van der Waals surface area contributed by atoms with Gasteiger partial charge in [-0.3, -0.25) is 0 Å². The predicted molar refractivity (Wildman–Crippen MR) is 117 cm³/mol. The van der Waals surface area contributed by atoms with Crippen LogP contribution in [0.4, 0.5) is 0 Å². The molecule has 0 bridgehead atoms. The molecular formula is C17H25IN4S2. The van der Waals surface area contributed by atoms with E-state index in [-0.39, 0.29) is 24.0 Å². The SMILES string of the molecule is CCNC(=NCc1cnc(C)s1)N(C)Cc1ccc(SC)cc1.I. The number of rotatable bonds is 6. The maximum atomic E-state index is 4.72. The number of aryl methyl sites for hydroxylation is 1. The number of hydrogen-bond donors (Lipinski definition) is 1. The predicted octanol–water partition coefficient (Wildman–Crippen LogP) is 4.39. The Balaban J connectivity index is 0.00000288. The summed E-state index contributed by atoms with van der Waals surface area (Å²) in [5, 5.41) is 4.44. The van der Waals surface area contributed by atoms with Crippen molar-refractivity contribution in [3.05, 3.63) is 45.9 Å². The molecule has 2 aromatic rings. The highest BCUT2D eigenvalue weighted by molar-refractivity contribution is 14.0. The monoisotopic (exact) mass is 476 g/mol. The van der Waals surface area contributed by atoms with Crippen LogP contribution in [-0.4, -0.2) is 35.7 Å². The maximum absolute atomic E-state index is 4.72. The standard InChI is InChI=1S/C17H24N4S2.HI/c1-5-18-17(20-11-16-10-19-13(2)23-16)21(3)12-14-6-8-15(22-4)9-7-14;/h6-10H,5,11-12H2,1-4H3,(H,18,20);1H. The third-order valence-electron chi connectivity index (χ3n) is 3.33. The normalized spacial score (nSPS) is 11.1. The van der Waals surface area contributed by atoms with Gasteiger partial charge < -0.3 is 10.2 Å². The van der Waals surface area contributed by atoms with E-state index in [2.05, 4.69) is 59.7 Å². The van der Waals surface area contributed by atoms with Crippen LogP contribution in [0.15, 0.2) is 40.4 Å². The van der Waals surface area contributed by atoms with Gasteiger partial charge >= 0.3 is 0 Å². The van der Waals surface area contributed by atoms with Crippen LogP contribution in [0.1, 0.15) is 22.4 Å². The summed E-state index contributed by atoms with van der Waals surface area (Å²) < 4.78 is 0. The van der Waals surface area contributed by atoms with Gasteiger partial charge in [-0.15, -0.1) is 47.1 Å². The average molecular weight is 476 g/mol. The van der Waals surface area contributed by atoms with Gasteiger partial charge in [0.2, 0.25) is 0 Å². The summed E-state index contributed by atoms with van der Waals surface area (Å²) in [5.74, 6) is 0.924. The second-order valence-electron chi connectivity index (χ2n) is 5.22. The first-order chi connectivity index (χ1) is 11.1. The number of nitrogens with zero attached hydrogens (tertiary/aromatic N) is 3. The molecule has 0 fully saturated rings. The Bertz CT molecular complexity index is 640. The Morgan fingerprint density at radius 3 is 2.58 bits per heavy atom. The Morgan fingerprint density at radius 1 is 1.33 bits per heavy atom. The lowest BCUT2D eigenvalue weighted by Gasteiger charge is -2.22. The zero-order valence-corrected chi connectivity index (χ0v) is 18.5. The molecule has 0 saturated heterocycles. The van der Waals surface area contributed by atoms with Crippen LogP contribution in [0.25, 0.3) is 0 Å². The lowest BCUT2D eigenvalue weighted by molar-refractivity contribution is 0.477. The summed E-state index contributed by atoms with van der Waals surface area (Å²) in [6.07, 6.45) is 4.01. The van der Waals surface area contributed by atoms with Crippen molar-refractivity contribution in [3.8, 4) is 0 Å². The molecule has 0 aliphatic heterocycles. The molecular weight excluding hydrogens is 451 g/mol. The molecule has 4 nitrogen and oxygen atoms in total. The van der Waals surface area contributed by atoms with E-state index in [1.54, 1.807) is 23.1 Å². The van der Waals surface area contributed by atoms with E-state index in [9.17, 15) is 0 Å². The van der Waals surface area contributed by atoms with Crippen LogP contribution < -0.4 is 5.32 Å². The number of nitrogens with one attached hydrogen (secondary N) is 1. The second kappa shape index (κ2) is 10.9. The first-order valence-corrected chi connectivity index (χ1v) is 9.70. The summed E-state index contributed by atoms with van der Waals surface area (Å²) in [6.45, 7) is 6.48. The van der Waals surface area contributed by atoms with Crippen molar-refractivity contribution in [2.24, 2.45) is 4.99 Å². The number of thioether (sulfide) groups is 1. The first kappa shape index (κ1) is 21.2. The molecule has 0 amide bonds. The molecule has 0 aliphatic rings. The van der Waals surface area contributed by atoms with Crippen LogP contribution in [0.5, 0.6) is 0 Å². The molecule has 1 heterocycles. The van der Waals surface area contributed by atoms with Gasteiger partial charge in [0.25, 0.3) is 0 Å². The Labute approximate surface area is 170 Å². The van der Waals surface area contributed by atoms with Crippen LogP contribution in [0, 0.1) is 6.92 Å². The number of thiazole rings is 1. The van der Waals surface area contributed by atoms with E-state index in [1.807, 2.05) is 13.1 Å². The molecule has 1 aromatic carbocycles. The van der Waals surface area contributed by atoms with Crippen molar-refractivity contribution in [1.82, 2.24) is 15.2 Å². The quantitative estimate of drug-likeness (QED) is 0.291. The number of guanidine groups is 1. The van der Waals surface area contributed by atoms with Gasteiger partial charge in [0, 0.05) is 36.1 Å². The lowest BCUT2D eigenvalue weighted by atomic mass is 10.2. The molecule has 0 saturated carbocycles. The summed E-state index contributed by atoms with van der Waals surface area (Å²) in [5.41, 5.74) is 1.28. The van der Waals surface area contributed by atoms with Crippen LogP contribution in [0.3, 0.4) is 0 Å². The number of hydrogen-bond acceptors (Lipinski definition) is 4. The molecule has 0 spiro atoms. The Hall–Kier alpha value is -0.800. The lowest BCUT2D eigenvalue weighted by Crippen LogP contribution is -2.38. The van der Waals surface area contributed by atoms with Crippen molar-refractivity contribution >= 4 is 53.0 Å². The van der Waals surface area contributed by atoms with Crippen molar-refractivity contribution in [1.29, 1.82) is 0 Å². The summed E-state index contributed by atoms with van der Waals surface area (Å²) in [4.78, 5) is 13.6. The molecule has 7 heteroatoms. The summed E-state index contributed by atoms with van der Waals surface area (Å²) >= 11 is 3.46. The third-order valence-corrected chi connectivity index (χ3v) is 4.97. The van der Waals surface area contributed by atoms with Gasteiger partial charge in [-0.05, 0) is 37.8 Å². The minimum Gasteiger partial charge on any atom is -0.357 e. The van der Waals surface area contributed by atoms with E-state index in [4.69, 9.17) is 4.99 Å². The highest BCUT2D eigenvalue weighted by Gasteiger charge is 2.07. The molecule has 1 N–H and O–H groups in total. The fourth-order valence-corrected chi connectivity index (χ4v) is 3.31. The molecule has 0 unspecified atom stereocenters. The van der Waals surface area contributed by atoms with E-state index in [0.717, 1.165) is 24.1 Å².